The Balaban J connectivity index is 0.00000385. The van der Waals surface area contributed by atoms with Crippen LogP contribution in [-0.4, -0.2) is 54.4 Å². The van der Waals surface area contributed by atoms with Crippen molar-refractivity contribution in [3.63, 3.8) is 0 Å². The number of alkyl halides is 2. The number of amides is 1. The summed E-state index contributed by atoms with van der Waals surface area (Å²) in [6, 6.07) is 5.15. The molecule has 12 heteroatoms. The topological polar surface area (TPSA) is 90.9 Å². The van der Waals surface area contributed by atoms with E-state index in [-0.39, 0.29) is 55.2 Å². The zero-order valence-electron chi connectivity index (χ0n) is 18.3. The van der Waals surface area contributed by atoms with Gasteiger partial charge >= 0.3 is 31.1 Å². The Morgan fingerprint density at radius 3 is 2.48 bits per heavy atom. The molecule has 2 heterocycles. The van der Waals surface area contributed by atoms with Crippen LogP contribution in [0.2, 0.25) is 5.02 Å². The average molecular weight is 700 g/mol. The Kier molecular flexibility index (Phi) is 9.76. The van der Waals surface area contributed by atoms with E-state index < -0.39 is 24.2 Å². The molecule has 0 aliphatic rings. The van der Waals surface area contributed by atoms with Crippen molar-refractivity contribution in [2.75, 3.05) is 6.54 Å². The summed E-state index contributed by atoms with van der Waals surface area (Å²) in [5.41, 5.74) is 0.374. The number of halogens is 3. The zero-order chi connectivity index (χ0) is 23.4. The molecule has 0 radical (unpaired) electrons. The molecular weight excluding hydrogens is 678 g/mol. The van der Waals surface area contributed by atoms with Gasteiger partial charge in [-0.1, -0.05) is 30.4 Å². The number of hydrogen-bond acceptors (Lipinski definition) is 5. The van der Waals surface area contributed by atoms with Crippen LogP contribution in [0.15, 0.2) is 36.7 Å². The summed E-state index contributed by atoms with van der Waals surface area (Å²) in [6.45, 7) is 9.21. The number of aryl methyl sites for hydroxylation is 1. The molecule has 1 aromatic carbocycles. The first-order valence-corrected chi connectivity index (χ1v) is 10.2. The molecule has 0 unspecified atom stereocenters. The van der Waals surface area contributed by atoms with Crippen LogP contribution < -0.4 is 0 Å². The van der Waals surface area contributed by atoms with E-state index in [1.165, 1.54) is 24.1 Å². The van der Waals surface area contributed by atoms with Gasteiger partial charge in [-0.15, -0.1) is 0 Å². The van der Waals surface area contributed by atoms with Crippen molar-refractivity contribution in [2.24, 2.45) is 0 Å². The van der Waals surface area contributed by atoms with Crippen molar-refractivity contribution in [1.82, 2.24) is 29.9 Å². The van der Waals surface area contributed by atoms with Crippen molar-refractivity contribution in [3.8, 4) is 5.69 Å². The van der Waals surface area contributed by atoms with Gasteiger partial charge in [0, 0.05) is 16.9 Å². The van der Waals surface area contributed by atoms with Crippen LogP contribution in [-0.2, 0) is 0 Å². The second-order valence-electron chi connectivity index (χ2n) is 7.23. The predicted molar refractivity (Wildman–Crippen MR) is 116 cm³/mol. The molecule has 3 rings (SSSR count). The Hall–Kier alpha value is -2.09. The Morgan fingerprint density at radius 2 is 1.88 bits per heavy atom. The molecule has 1 amide bonds. The molecule has 2 atom stereocenters. The number of nitrogens with zero attached hydrogens (tertiary/aromatic N) is 7. The molecule has 172 valence electrons. The van der Waals surface area contributed by atoms with Gasteiger partial charge in [0.1, 0.15) is 5.69 Å². The average Bonchev–Trinajstić information content (AvgIpc) is 3.26. The van der Waals surface area contributed by atoms with E-state index in [9.17, 15) is 13.6 Å². The molecular formula is C21H22ClF2N7OU. The van der Waals surface area contributed by atoms with Gasteiger partial charge in [-0.3, -0.25) is 9.78 Å². The number of carbonyl (C=O) groups is 1. The van der Waals surface area contributed by atoms with Gasteiger partial charge in [-0.05, 0) is 44.7 Å². The first kappa shape index (κ1) is 27.2. The van der Waals surface area contributed by atoms with Crippen molar-refractivity contribution in [3.05, 3.63) is 71.0 Å². The summed E-state index contributed by atoms with van der Waals surface area (Å²) in [6.07, 6.45) is 0.283. The second kappa shape index (κ2) is 11.9. The molecule has 0 N–H and O–H groups in total. The molecule has 3 aromatic rings. The van der Waals surface area contributed by atoms with Gasteiger partial charge in [0.15, 0.2) is 0 Å². The first-order valence-electron chi connectivity index (χ1n) is 9.80. The largest absolute Gasteiger partial charge is 2.00 e. The van der Waals surface area contributed by atoms with Crippen LogP contribution in [0.3, 0.4) is 0 Å². The van der Waals surface area contributed by atoms with E-state index >= 15 is 0 Å². The standard InChI is InChI=1S/C21H22ClF2N7O.U/c1-12(2)30(13(3)11-25-19-10-17(20(23)24)28-14(4)29-19)21(32)16-9-15(22)5-6-18(16)31-26-7-8-27-31;/h5-10,12-13,20H,1,11H2,2-4H3;/q-2;+2/t12-,13-;/m0./s1. The number of benzene rings is 1. The van der Waals surface area contributed by atoms with Crippen LogP contribution >= 0.6 is 11.6 Å². The minimum atomic E-state index is -2.72. The smallest absolute Gasteiger partial charge is 0.463 e. The Labute approximate surface area is 219 Å². The van der Waals surface area contributed by atoms with Crippen LogP contribution in [0.25, 0.3) is 11.0 Å². The Bertz CT molecular complexity index is 1080. The van der Waals surface area contributed by atoms with Crippen molar-refractivity contribution < 1.29 is 44.7 Å². The minimum absolute atomic E-state index is 0. The predicted octanol–water partition coefficient (Wildman–Crippen LogP) is 4.72. The van der Waals surface area contributed by atoms with Crippen LogP contribution in [0.4, 0.5) is 14.6 Å². The SMILES string of the molecule is [CH2-][C@@H](C)N(C(=O)c1cc(Cl)ccc1-n1nccn1)[C@@H](C)C[N-]c1cc(C(F)F)nc(C)n1.[U+2]. The van der Waals surface area contributed by atoms with Crippen LogP contribution in [0.1, 0.15) is 42.1 Å². The quantitative estimate of drug-likeness (QED) is 0.318. The number of rotatable bonds is 8. The maximum Gasteiger partial charge on any atom is 2.00 e. The van der Waals surface area contributed by atoms with E-state index in [2.05, 4.69) is 32.4 Å². The summed E-state index contributed by atoms with van der Waals surface area (Å²) in [4.78, 5) is 24.2. The Morgan fingerprint density at radius 1 is 1.21 bits per heavy atom. The molecule has 0 aliphatic carbocycles. The van der Waals surface area contributed by atoms with Gasteiger partial charge in [-0.25, -0.2) is 8.78 Å². The summed E-state index contributed by atoms with van der Waals surface area (Å²) in [5.74, 6) is -0.00644. The van der Waals surface area contributed by atoms with E-state index in [0.717, 1.165) is 6.07 Å². The zero-order valence-corrected chi connectivity index (χ0v) is 23.2. The molecule has 0 saturated carbocycles. The maximum atomic E-state index is 13.5. The van der Waals surface area contributed by atoms with Gasteiger partial charge in [0.2, 0.25) is 0 Å². The molecule has 0 aliphatic heterocycles. The van der Waals surface area contributed by atoms with Gasteiger partial charge in [0.25, 0.3) is 12.3 Å². The molecule has 33 heavy (non-hydrogen) atoms. The minimum Gasteiger partial charge on any atom is -0.463 e. The van der Waals surface area contributed by atoms with Crippen molar-refractivity contribution in [2.45, 2.75) is 39.3 Å². The van der Waals surface area contributed by atoms with Crippen molar-refractivity contribution >= 4 is 23.3 Å². The van der Waals surface area contributed by atoms with E-state index in [4.69, 9.17) is 11.6 Å². The van der Waals surface area contributed by atoms with Gasteiger partial charge < -0.3 is 22.1 Å². The summed E-state index contributed by atoms with van der Waals surface area (Å²) < 4.78 is 26.0. The van der Waals surface area contributed by atoms with Crippen molar-refractivity contribution in [1.29, 1.82) is 0 Å². The molecule has 0 saturated heterocycles. The molecule has 0 fully saturated rings. The third-order valence-corrected chi connectivity index (χ3v) is 4.83. The van der Waals surface area contributed by atoms with E-state index in [1.807, 2.05) is 0 Å². The first-order chi connectivity index (χ1) is 15.2. The van der Waals surface area contributed by atoms with E-state index in [1.54, 1.807) is 36.9 Å². The maximum absolute atomic E-state index is 13.5. The fourth-order valence-corrected chi connectivity index (χ4v) is 3.42. The van der Waals surface area contributed by atoms with Crippen LogP contribution in [0, 0.1) is 45.0 Å². The van der Waals surface area contributed by atoms with Gasteiger partial charge in [0.05, 0.1) is 23.6 Å². The van der Waals surface area contributed by atoms with E-state index in [0.29, 0.717) is 16.3 Å². The third kappa shape index (κ3) is 6.71. The third-order valence-electron chi connectivity index (χ3n) is 4.59. The fourth-order valence-electron chi connectivity index (χ4n) is 3.25. The molecule has 0 spiro atoms. The monoisotopic (exact) mass is 699 g/mol. The number of carbonyl (C=O) groups excluding carboxylic acids is 1. The molecule has 0 bridgehead atoms. The second-order valence-corrected chi connectivity index (χ2v) is 7.67. The summed E-state index contributed by atoms with van der Waals surface area (Å²) in [7, 11) is 0. The van der Waals surface area contributed by atoms with Gasteiger partial charge in [-0.2, -0.15) is 15.0 Å². The fraction of sp³-hybridized carbons (Fsp3) is 0.333. The summed E-state index contributed by atoms with van der Waals surface area (Å²) in [5, 5.41) is 12.9. The molecule has 2 aromatic heterocycles. The summed E-state index contributed by atoms with van der Waals surface area (Å²) >= 11 is 6.15. The number of aromatic nitrogens is 5. The molecule has 8 nitrogen and oxygen atoms in total. The number of hydrogen-bond donors (Lipinski definition) is 0. The van der Waals surface area contributed by atoms with Crippen LogP contribution in [0.5, 0.6) is 0 Å². The normalized spacial score (nSPS) is 12.7.